The Morgan fingerprint density at radius 1 is 1.11 bits per heavy atom. The normalized spacial score (nSPS) is 18.4. The van der Waals surface area contributed by atoms with Gasteiger partial charge in [-0.05, 0) is 68.3 Å². The number of fused-ring (bicyclic) bond motifs is 1. The topological polar surface area (TPSA) is 78.5 Å². The quantitative estimate of drug-likeness (QED) is 0.659. The molecule has 27 heavy (non-hydrogen) atoms. The number of piperidine rings is 1. The van der Waals surface area contributed by atoms with Crippen LogP contribution in [-0.4, -0.2) is 51.4 Å². The summed E-state index contributed by atoms with van der Waals surface area (Å²) in [7, 11) is -3.47. The van der Waals surface area contributed by atoms with Crippen molar-refractivity contribution in [1.82, 2.24) is 14.9 Å². The Balaban J connectivity index is 1.51. The fourth-order valence-corrected chi connectivity index (χ4v) is 5.46. The lowest BCUT2D eigenvalue weighted by Gasteiger charge is -2.30. The third kappa shape index (κ3) is 4.89. The SMILES string of the molecule is CCCNCCNC(=O)C1CCN(S(=O)(=O)c2ccc3c(c2)CCC3)CC1. The molecule has 1 aromatic rings. The molecule has 0 atom stereocenters. The van der Waals surface area contributed by atoms with Crippen LogP contribution in [0.3, 0.4) is 0 Å². The first-order chi connectivity index (χ1) is 13.0. The maximum Gasteiger partial charge on any atom is 0.243 e. The molecule has 0 saturated carbocycles. The van der Waals surface area contributed by atoms with E-state index in [0.717, 1.165) is 38.8 Å². The van der Waals surface area contributed by atoms with E-state index < -0.39 is 10.0 Å². The van der Waals surface area contributed by atoms with Crippen molar-refractivity contribution in [1.29, 1.82) is 0 Å². The number of hydrogen-bond acceptors (Lipinski definition) is 4. The molecule has 1 amide bonds. The Morgan fingerprint density at radius 3 is 2.59 bits per heavy atom. The minimum atomic E-state index is -3.47. The van der Waals surface area contributed by atoms with Gasteiger partial charge in [0.2, 0.25) is 15.9 Å². The molecule has 1 heterocycles. The van der Waals surface area contributed by atoms with Gasteiger partial charge < -0.3 is 10.6 Å². The van der Waals surface area contributed by atoms with E-state index in [1.807, 2.05) is 12.1 Å². The fraction of sp³-hybridized carbons (Fsp3) is 0.650. The number of sulfonamides is 1. The van der Waals surface area contributed by atoms with Gasteiger partial charge in [-0.1, -0.05) is 13.0 Å². The number of aryl methyl sites for hydroxylation is 2. The van der Waals surface area contributed by atoms with Gasteiger partial charge in [-0.2, -0.15) is 4.31 Å². The highest BCUT2D eigenvalue weighted by molar-refractivity contribution is 7.89. The van der Waals surface area contributed by atoms with E-state index in [-0.39, 0.29) is 11.8 Å². The highest BCUT2D eigenvalue weighted by Gasteiger charge is 2.32. The number of carbonyl (C=O) groups is 1. The van der Waals surface area contributed by atoms with E-state index in [0.29, 0.717) is 37.4 Å². The molecule has 3 rings (SSSR count). The molecule has 1 saturated heterocycles. The summed E-state index contributed by atoms with van der Waals surface area (Å²) < 4.78 is 27.4. The van der Waals surface area contributed by atoms with E-state index in [2.05, 4.69) is 17.6 Å². The van der Waals surface area contributed by atoms with E-state index in [1.54, 1.807) is 6.07 Å². The van der Waals surface area contributed by atoms with Gasteiger partial charge in [0, 0.05) is 32.1 Å². The van der Waals surface area contributed by atoms with Crippen molar-refractivity contribution in [3.8, 4) is 0 Å². The summed E-state index contributed by atoms with van der Waals surface area (Å²) in [6.45, 7) is 5.26. The molecule has 1 aromatic carbocycles. The molecule has 0 aromatic heterocycles. The third-order valence-electron chi connectivity index (χ3n) is 5.56. The molecule has 1 aliphatic heterocycles. The first-order valence-corrected chi connectivity index (χ1v) is 11.6. The second-order valence-corrected chi connectivity index (χ2v) is 9.44. The maximum absolute atomic E-state index is 13.0. The van der Waals surface area contributed by atoms with Crippen molar-refractivity contribution in [2.45, 2.75) is 50.3 Å². The van der Waals surface area contributed by atoms with Crippen LogP contribution >= 0.6 is 0 Å². The van der Waals surface area contributed by atoms with Crippen LogP contribution < -0.4 is 10.6 Å². The number of hydrogen-bond donors (Lipinski definition) is 2. The van der Waals surface area contributed by atoms with Crippen LogP contribution in [0.1, 0.15) is 43.7 Å². The number of rotatable bonds is 8. The molecule has 0 radical (unpaired) electrons. The average molecular weight is 394 g/mol. The first-order valence-electron chi connectivity index (χ1n) is 10.1. The zero-order valence-electron chi connectivity index (χ0n) is 16.2. The van der Waals surface area contributed by atoms with Crippen molar-refractivity contribution >= 4 is 15.9 Å². The smallest absolute Gasteiger partial charge is 0.243 e. The Hall–Kier alpha value is -1.44. The molecule has 0 bridgehead atoms. The van der Waals surface area contributed by atoms with Crippen LogP contribution in [0, 0.1) is 5.92 Å². The summed E-state index contributed by atoms with van der Waals surface area (Å²) in [5, 5.41) is 6.21. The first kappa shape index (κ1) is 20.3. The second kappa shape index (κ2) is 9.17. The van der Waals surface area contributed by atoms with Gasteiger partial charge in [-0.25, -0.2) is 8.42 Å². The summed E-state index contributed by atoms with van der Waals surface area (Å²) in [5.74, 6) is -0.0504. The monoisotopic (exact) mass is 393 g/mol. The van der Waals surface area contributed by atoms with Gasteiger partial charge in [0.1, 0.15) is 0 Å². The Bertz CT molecular complexity index is 756. The summed E-state index contributed by atoms with van der Waals surface area (Å²) in [5.41, 5.74) is 2.44. The molecule has 1 fully saturated rings. The van der Waals surface area contributed by atoms with Gasteiger partial charge in [0.05, 0.1) is 4.90 Å². The predicted molar refractivity (Wildman–Crippen MR) is 106 cm³/mol. The van der Waals surface area contributed by atoms with E-state index in [1.165, 1.54) is 15.4 Å². The lowest BCUT2D eigenvalue weighted by molar-refractivity contribution is -0.126. The summed E-state index contributed by atoms with van der Waals surface area (Å²) in [6.07, 6.45) is 5.35. The maximum atomic E-state index is 13.0. The minimum Gasteiger partial charge on any atom is -0.355 e. The van der Waals surface area contributed by atoms with Gasteiger partial charge in [0.25, 0.3) is 0 Å². The van der Waals surface area contributed by atoms with Gasteiger partial charge in [0.15, 0.2) is 0 Å². The highest BCUT2D eigenvalue weighted by atomic mass is 32.2. The van der Waals surface area contributed by atoms with Crippen LogP contribution in [0.25, 0.3) is 0 Å². The molecule has 6 nitrogen and oxygen atoms in total. The molecule has 7 heteroatoms. The van der Waals surface area contributed by atoms with Crippen LogP contribution in [0.2, 0.25) is 0 Å². The van der Waals surface area contributed by atoms with Gasteiger partial charge in [-0.3, -0.25) is 4.79 Å². The van der Waals surface area contributed by atoms with Crippen LogP contribution in [0.15, 0.2) is 23.1 Å². The molecule has 1 aliphatic carbocycles. The zero-order valence-corrected chi connectivity index (χ0v) is 17.0. The molecule has 2 aliphatic rings. The van der Waals surface area contributed by atoms with Crippen LogP contribution in [0.4, 0.5) is 0 Å². The number of amides is 1. The fourth-order valence-electron chi connectivity index (χ4n) is 3.94. The van der Waals surface area contributed by atoms with Crippen LogP contribution in [0.5, 0.6) is 0 Å². The highest BCUT2D eigenvalue weighted by Crippen LogP contribution is 2.28. The van der Waals surface area contributed by atoms with Crippen molar-refractivity contribution in [2.24, 2.45) is 5.92 Å². The van der Waals surface area contributed by atoms with E-state index in [4.69, 9.17) is 0 Å². The van der Waals surface area contributed by atoms with Gasteiger partial charge >= 0.3 is 0 Å². The van der Waals surface area contributed by atoms with Crippen molar-refractivity contribution < 1.29 is 13.2 Å². The second-order valence-electron chi connectivity index (χ2n) is 7.50. The van der Waals surface area contributed by atoms with Gasteiger partial charge in [-0.15, -0.1) is 0 Å². The number of nitrogens with one attached hydrogen (secondary N) is 2. The Labute approximate surface area is 162 Å². The Kier molecular flexibility index (Phi) is 6.89. The van der Waals surface area contributed by atoms with Crippen molar-refractivity contribution in [3.63, 3.8) is 0 Å². The molecular weight excluding hydrogens is 362 g/mol. The minimum absolute atomic E-state index is 0.0443. The largest absolute Gasteiger partial charge is 0.355 e. The molecule has 0 unspecified atom stereocenters. The molecule has 150 valence electrons. The number of carbonyl (C=O) groups excluding carboxylic acids is 1. The lowest BCUT2D eigenvalue weighted by Crippen LogP contribution is -2.44. The van der Waals surface area contributed by atoms with Crippen LogP contribution in [-0.2, 0) is 27.7 Å². The molecule has 2 N–H and O–H groups in total. The predicted octanol–water partition coefficient (Wildman–Crippen LogP) is 1.69. The number of nitrogens with zero attached hydrogens (tertiary/aromatic N) is 1. The van der Waals surface area contributed by atoms with E-state index in [9.17, 15) is 13.2 Å². The van der Waals surface area contributed by atoms with E-state index >= 15 is 0 Å². The average Bonchev–Trinajstić information content (AvgIpc) is 3.15. The lowest BCUT2D eigenvalue weighted by atomic mass is 9.97. The molecular formula is C20H31N3O3S. The zero-order chi connectivity index (χ0) is 19.3. The standard InChI is InChI=1S/C20H31N3O3S/c1-2-10-21-11-12-22-20(24)17-8-13-23(14-9-17)27(25,26)19-7-6-16-4-3-5-18(16)15-19/h6-7,15,17,21H,2-5,8-14H2,1H3,(H,22,24). The molecule has 0 spiro atoms. The Morgan fingerprint density at radius 2 is 1.85 bits per heavy atom. The summed E-state index contributed by atoms with van der Waals surface area (Å²) >= 11 is 0. The summed E-state index contributed by atoms with van der Waals surface area (Å²) in [6, 6.07) is 5.54. The van der Waals surface area contributed by atoms with Crippen molar-refractivity contribution in [3.05, 3.63) is 29.3 Å². The number of benzene rings is 1. The third-order valence-corrected chi connectivity index (χ3v) is 7.45. The summed E-state index contributed by atoms with van der Waals surface area (Å²) in [4.78, 5) is 12.7. The van der Waals surface area contributed by atoms with Crippen molar-refractivity contribution in [2.75, 3.05) is 32.7 Å².